The Bertz CT molecular complexity index is 522. The van der Waals surface area contributed by atoms with Gasteiger partial charge < -0.3 is 0 Å². The van der Waals surface area contributed by atoms with Gasteiger partial charge in [0.25, 0.3) is 5.56 Å². The molecule has 2 aromatic rings. The summed E-state index contributed by atoms with van der Waals surface area (Å²) in [6.07, 6.45) is 0.728. The van der Waals surface area contributed by atoms with Crippen LogP contribution in [0.15, 0.2) is 23.0 Å². The number of nitrogens with one attached hydrogen (secondary N) is 1. The Balaban J connectivity index is 2.91. The van der Waals surface area contributed by atoms with E-state index in [9.17, 15) is 9.59 Å². The fourth-order valence-corrected chi connectivity index (χ4v) is 1.37. The number of aldehydes is 1. The molecule has 0 unspecified atom stereocenters. The van der Waals surface area contributed by atoms with E-state index in [1.807, 2.05) is 0 Å². The molecule has 0 aliphatic rings. The average molecular weight is 176 g/mol. The summed E-state index contributed by atoms with van der Waals surface area (Å²) < 4.78 is 1.63. The number of aromatic nitrogens is 2. The molecule has 0 saturated carbocycles. The number of H-pyrrole nitrogens is 1. The van der Waals surface area contributed by atoms with Gasteiger partial charge in [-0.2, -0.15) is 0 Å². The van der Waals surface area contributed by atoms with Crippen LogP contribution >= 0.6 is 0 Å². The first-order valence-corrected chi connectivity index (χ1v) is 3.86. The van der Waals surface area contributed by atoms with Crippen molar-refractivity contribution in [3.05, 3.63) is 34.1 Å². The maximum atomic E-state index is 11.3. The van der Waals surface area contributed by atoms with E-state index >= 15 is 0 Å². The Hall–Kier alpha value is -1.84. The minimum atomic E-state index is -0.166. The van der Waals surface area contributed by atoms with Crippen LogP contribution in [-0.4, -0.2) is 16.1 Å². The highest BCUT2D eigenvalue weighted by atomic mass is 16.1. The van der Waals surface area contributed by atoms with Crippen molar-refractivity contribution < 1.29 is 4.79 Å². The van der Waals surface area contributed by atoms with Crippen molar-refractivity contribution in [2.75, 3.05) is 0 Å². The first-order chi connectivity index (χ1) is 6.22. The molecule has 4 nitrogen and oxygen atoms in total. The summed E-state index contributed by atoms with van der Waals surface area (Å²) in [5.41, 5.74) is 1.15. The van der Waals surface area contributed by atoms with E-state index in [1.165, 1.54) is 0 Å². The van der Waals surface area contributed by atoms with E-state index in [4.69, 9.17) is 0 Å². The zero-order valence-electron chi connectivity index (χ0n) is 7.07. The summed E-state index contributed by atoms with van der Waals surface area (Å²) in [4.78, 5) is 21.7. The van der Waals surface area contributed by atoms with Crippen LogP contribution in [0.3, 0.4) is 0 Å². The average Bonchev–Trinajstić information content (AvgIpc) is 2.42. The zero-order chi connectivity index (χ0) is 9.42. The third-order valence-electron chi connectivity index (χ3n) is 2.03. The van der Waals surface area contributed by atoms with E-state index < -0.39 is 0 Å². The third kappa shape index (κ3) is 1.07. The van der Waals surface area contributed by atoms with Gasteiger partial charge in [0.1, 0.15) is 6.29 Å². The van der Waals surface area contributed by atoms with E-state index in [-0.39, 0.29) is 5.56 Å². The lowest BCUT2D eigenvalue weighted by Crippen LogP contribution is -2.01. The van der Waals surface area contributed by atoms with Gasteiger partial charge in [-0.3, -0.25) is 19.4 Å². The summed E-state index contributed by atoms with van der Waals surface area (Å²) in [6.45, 7) is 0. The summed E-state index contributed by atoms with van der Waals surface area (Å²) in [5, 5.41) is 3.16. The highest BCUT2D eigenvalue weighted by Gasteiger charge is 2.03. The molecule has 0 saturated heterocycles. The Kier molecular flexibility index (Phi) is 1.55. The number of nitrogens with zero attached hydrogens (tertiary/aromatic N) is 1. The summed E-state index contributed by atoms with van der Waals surface area (Å²) in [5.74, 6) is 0. The maximum absolute atomic E-state index is 11.3. The number of hydrogen-bond donors (Lipinski definition) is 1. The fraction of sp³-hybridized carbons (Fsp3) is 0.111. The summed E-state index contributed by atoms with van der Waals surface area (Å²) in [6, 6.07) is 5.01. The molecule has 13 heavy (non-hydrogen) atoms. The van der Waals surface area contributed by atoms with Gasteiger partial charge in [-0.1, -0.05) is 0 Å². The normalized spacial score (nSPS) is 10.5. The number of benzene rings is 1. The predicted molar refractivity (Wildman–Crippen MR) is 48.9 cm³/mol. The van der Waals surface area contributed by atoms with E-state index in [0.717, 1.165) is 11.8 Å². The molecule has 4 heteroatoms. The molecule has 0 aliphatic carbocycles. The van der Waals surface area contributed by atoms with Crippen LogP contribution in [0.1, 0.15) is 10.4 Å². The highest BCUT2D eigenvalue weighted by molar-refractivity contribution is 5.86. The Labute approximate surface area is 73.8 Å². The molecular formula is C9H8N2O2. The molecule has 66 valence electrons. The number of carbonyl (C=O) groups excluding carboxylic acids is 1. The van der Waals surface area contributed by atoms with E-state index in [2.05, 4.69) is 5.10 Å². The van der Waals surface area contributed by atoms with Crippen molar-refractivity contribution in [3.8, 4) is 0 Å². The first kappa shape index (κ1) is 7.79. The number of aryl methyl sites for hydroxylation is 1. The van der Waals surface area contributed by atoms with Gasteiger partial charge in [-0.25, -0.2) is 0 Å². The van der Waals surface area contributed by atoms with Crippen LogP contribution in [0.2, 0.25) is 0 Å². The van der Waals surface area contributed by atoms with Gasteiger partial charge in [0, 0.05) is 12.6 Å². The Morgan fingerprint density at radius 2 is 2.23 bits per heavy atom. The number of hydrogen-bond acceptors (Lipinski definition) is 2. The Morgan fingerprint density at radius 1 is 1.46 bits per heavy atom. The molecule has 2 rings (SSSR count). The number of carbonyl (C=O) groups is 1. The molecule has 0 radical (unpaired) electrons. The molecule has 1 heterocycles. The molecule has 0 spiro atoms. The molecule has 0 atom stereocenters. The van der Waals surface area contributed by atoms with Crippen LogP contribution in [0.5, 0.6) is 0 Å². The van der Waals surface area contributed by atoms with Crippen molar-refractivity contribution >= 4 is 17.2 Å². The van der Waals surface area contributed by atoms with Crippen LogP contribution in [0.25, 0.3) is 10.9 Å². The molecule has 0 aliphatic heterocycles. The zero-order valence-corrected chi connectivity index (χ0v) is 7.07. The largest absolute Gasteiger partial charge is 0.298 e. The van der Waals surface area contributed by atoms with Crippen molar-refractivity contribution in [1.29, 1.82) is 0 Å². The van der Waals surface area contributed by atoms with Crippen molar-refractivity contribution in [3.63, 3.8) is 0 Å². The van der Waals surface area contributed by atoms with Gasteiger partial charge in [0.05, 0.1) is 10.9 Å². The third-order valence-corrected chi connectivity index (χ3v) is 2.03. The second-order valence-electron chi connectivity index (χ2n) is 2.89. The first-order valence-electron chi connectivity index (χ1n) is 3.86. The van der Waals surface area contributed by atoms with Crippen molar-refractivity contribution in [2.45, 2.75) is 0 Å². The highest BCUT2D eigenvalue weighted by Crippen LogP contribution is 2.09. The molecule has 1 aromatic heterocycles. The van der Waals surface area contributed by atoms with Gasteiger partial charge >= 0.3 is 0 Å². The molecule has 0 fully saturated rings. The smallest absolute Gasteiger partial charge is 0.271 e. The van der Waals surface area contributed by atoms with Crippen LogP contribution < -0.4 is 5.56 Å². The topological polar surface area (TPSA) is 54.9 Å². The number of fused-ring (bicyclic) bond motifs is 1. The summed E-state index contributed by atoms with van der Waals surface area (Å²) in [7, 11) is 1.75. The van der Waals surface area contributed by atoms with E-state index in [0.29, 0.717) is 10.9 Å². The number of rotatable bonds is 1. The van der Waals surface area contributed by atoms with Crippen LogP contribution in [-0.2, 0) is 7.05 Å². The molecule has 0 amide bonds. The second-order valence-corrected chi connectivity index (χ2v) is 2.89. The molecule has 1 aromatic carbocycles. The van der Waals surface area contributed by atoms with Crippen LogP contribution in [0.4, 0.5) is 0 Å². The molecule has 0 bridgehead atoms. The minimum absolute atomic E-state index is 0.166. The molecular weight excluding hydrogens is 168 g/mol. The van der Waals surface area contributed by atoms with Gasteiger partial charge in [0.2, 0.25) is 0 Å². The lowest BCUT2D eigenvalue weighted by molar-refractivity contribution is 0.112. The van der Waals surface area contributed by atoms with Gasteiger partial charge in [-0.15, -0.1) is 0 Å². The standard InChI is InChI=1S/C9H8N2O2/c1-11-8-3-2-6(5-12)4-7(8)9(13)10-11/h2-5H,1H3,(H,10,13). The van der Waals surface area contributed by atoms with Crippen molar-refractivity contribution in [2.24, 2.45) is 7.05 Å². The van der Waals surface area contributed by atoms with Gasteiger partial charge in [-0.05, 0) is 18.2 Å². The summed E-state index contributed by atoms with van der Waals surface area (Å²) >= 11 is 0. The second kappa shape index (κ2) is 2.58. The lowest BCUT2D eigenvalue weighted by Gasteiger charge is -1.93. The predicted octanol–water partition coefficient (Wildman–Crippen LogP) is 0.679. The molecule has 1 N–H and O–H groups in total. The SMILES string of the molecule is Cn1[nH]c(=O)c2cc(C=O)ccc21. The van der Waals surface area contributed by atoms with Gasteiger partial charge in [0.15, 0.2) is 0 Å². The minimum Gasteiger partial charge on any atom is -0.298 e. The lowest BCUT2D eigenvalue weighted by atomic mass is 10.2. The van der Waals surface area contributed by atoms with E-state index in [1.54, 1.807) is 29.9 Å². The monoisotopic (exact) mass is 176 g/mol. The Morgan fingerprint density at radius 3 is 2.92 bits per heavy atom. The maximum Gasteiger partial charge on any atom is 0.271 e. The van der Waals surface area contributed by atoms with Crippen LogP contribution in [0, 0.1) is 0 Å². The quantitative estimate of drug-likeness (QED) is 0.649. The number of aromatic amines is 1. The fourth-order valence-electron chi connectivity index (χ4n) is 1.37. The van der Waals surface area contributed by atoms with Crippen molar-refractivity contribution in [1.82, 2.24) is 9.78 Å².